The highest BCUT2D eigenvalue weighted by Gasteiger charge is 2.38. The molecule has 0 saturated carbocycles. The standard InChI is InChI=1S/C22H24N2O3/c1-3-5-14-23-15-20-18-8-6-7-9-19(18)21(25)24(22(20)26)16-10-12-17(13-11-16)27-4-2/h6-13,15,20H,3-5,14H2,1-2H3. The molecule has 1 atom stereocenters. The number of nitrogens with zero attached hydrogens (tertiary/aromatic N) is 2. The van der Waals surface area contributed by atoms with Gasteiger partial charge in [-0.25, -0.2) is 4.90 Å². The van der Waals surface area contributed by atoms with Gasteiger partial charge in [-0.05, 0) is 49.2 Å². The molecule has 0 radical (unpaired) electrons. The van der Waals surface area contributed by atoms with E-state index in [1.807, 2.05) is 25.1 Å². The first-order chi connectivity index (χ1) is 13.2. The van der Waals surface area contributed by atoms with E-state index in [0.717, 1.165) is 18.4 Å². The Hall–Kier alpha value is -2.95. The maximum atomic E-state index is 13.2. The average molecular weight is 364 g/mol. The predicted octanol–water partition coefficient (Wildman–Crippen LogP) is 4.23. The SMILES string of the molecule is CCCCN=CC1C(=O)N(c2ccc(OCC)cc2)C(=O)c2ccccc21. The van der Waals surface area contributed by atoms with E-state index < -0.39 is 5.92 Å². The predicted molar refractivity (Wildman–Crippen MR) is 107 cm³/mol. The Morgan fingerprint density at radius 2 is 1.81 bits per heavy atom. The molecule has 2 aromatic carbocycles. The molecule has 0 aromatic heterocycles. The maximum absolute atomic E-state index is 13.2. The topological polar surface area (TPSA) is 59.0 Å². The molecule has 1 unspecified atom stereocenters. The lowest BCUT2D eigenvalue weighted by atomic mass is 9.89. The molecular formula is C22H24N2O3. The van der Waals surface area contributed by atoms with E-state index in [1.165, 1.54) is 4.90 Å². The number of benzene rings is 2. The fraction of sp³-hybridized carbons (Fsp3) is 0.318. The summed E-state index contributed by atoms with van der Waals surface area (Å²) in [6, 6.07) is 14.3. The van der Waals surface area contributed by atoms with E-state index in [1.54, 1.807) is 36.5 Å². The van der Waals surface area contributed by atoms with Crippen molar-refractivity contribution in [2.75, 3.05) is 18.1 Å². The van der Waals surface area contributed by atoms with Gasteiger partial charge >= 0.3 is 0 Å². The van der Waals surface area contributed by atoms with Gasteiger partial charge in [0.25, 0.3) is 5.91 Å². The molecule has 0 bridgehead atoms. The van der Waals surface area contributed by atoms with Crippen LogP contribution in [-0.2, 0) is 4.79 Å². The molecule has 1 heterocycles. The fourth-order valence-corrected chi connectivity index (χ4v) is 3.13. The first-order valence-corrected chi connectivity index (χ1v) is 9.37. The van der Waals surface area contributed by atoms with E-state index in [-0.39, 0.29) is 11.8 Å². The highest BCUT2D eigenvalue weighted by atomic mass is 16.5. The number of hydrogen-bond donors (Lipinski definition) is 0. The normalized spacial score (nSPS) is 16.7. The molecule has 2 amide bonds. The largest absolute Gasteiger partial charge is 0.494 e. The molecule has 5 heteroatoms. The van der Waals surface area contributed by atoms with Crippen LogP contribution in [0.2, 0.25) is 0 Å². The number of imide groups is 1. The zero-order valence-corrected chi connectivity index (χ0v) is 15.7. The average Bonchev–Trinajstić information content (AvgIpc) is 2.69. The van der Waals surface area contributed by atoms with Gasteiger partial charge in [-0.3, -0.25) is 14.6 Å². The Morgan fingerprint density at radius 1 is 1.07 bits per heavy atom. The molecule has 0 saturated heterocycles. The van der Waals surface area contributed by atoms with E-state index in [4.69, 9.17) is 4.74 Å². The Balaban J connectivity index is 1.96. The maximum Gasteiger partial charge on any atom is 0.265 e. The molecule has 0 fully saturated rings. The second kappa shape index (κ2) is 8.62. The molecule has 27 heavy (non-hydrogen) atoms. The van der Waals surface area contributed by atoms with Crippen LogP contribution >= 0.6 is 0 Å². The first kappa shape index (κ1) is 18.8. The summed E-state index contributed by atoms with van der Waals surface area (Å²) in [6.07, 6.45) is 3.70. The molecule has 0 N–H and O–H groups in total. The minimum Gasteiger partial charge on any atom is -0.494 e. The first-order valence-electron chi connectivity index (χ1n) is 9.37. The van der Waals surface area contributed by atoms with Gasteiger partial charge in [-0.1, -0.05) is 31.5 Å². The van der Waals surface area contributed by atoms with Gasteiger partial charge in [0.05, 0.1) is 18.2 Å². The number of carbonyl (C=O) groups excluding carboxylic acids is 2. The van der Waals surface area contributed by atoms with Gasteiger partial charge in [-0.15, -0.1) is 0 Å². The van der Waals surface area contributed by atoms with Gasteiger partial charge in [0, 0.05) is 18.3 Å². The quantitative estimate of drug-likeness (QED) is 0.420. The molecule has 0 spiro atoms. The number of anilines is 1. The highest BCUT2D eigenvalue weighted by Crippen LogP contribution is 2.32. The Bertz CT molecular complexity index is 843. The number of amides is 2. The minimum atomic E-state index is -0.553. The van der Waals surface area contributed by atoms with Crippen LogP contribution < -0.4 is 9.64 Å². The van der Waals surface area contributed by atoms with Crippen molar-refractivity contribution in [2.24, 2.45) is 4.99 Å². The van der Waals surface area contributed by atoms with Gasteiger partial charge in [-0.2, -0.15) is 0 Å². The Morgan fingerprint density at radius 3 is 2.52 bits per heavy atom. The van der Waals surface area contributed by atoms with Crippen LogP contribution in [0.5, 0.6) is 5.75 Å². The lowest BCUT2D eigenvalue weighted by molar-refractivity contribution is -0.118. The van der Waals surface area contributed by atoms with Crippen molar-refractivity contribution in [1.29, 1.82) is 0 Å². The third-order valence-corrected chi connectivity index (χ3v) is 4.52. The van der Waals surface area contributed by atoms with Crippen molar-refractivity contribution in [1.82, 2.24) is 0 Å². The van der Waals surface area contributed by atoms with Crippen LogP contribution in [0.4, 0.5) is 5.69 Å². The summed E-state index contributed by atoms with van der Waals surface area (Å²) >= 11 is 0. The summed E-state index contributed by atoms with van der Waals surface area (Å²) in [6.45, 7) is 5.25. The molecule has 2 aromatic rings. The van der Waals surface area contributed by atoms with Crippen LogP contribution in [0.25, 0.3) is 0 Å². The summed E-state index contributed by atoms with van der Waals surface area (Å²) in [7, 11) is 0. The summed E-state index contributed by atoms with van der Waals surface area (Å²) < 4.78 is 5.45. The van der Waals surface area contributed by atoms with Gasteiger partial charge in [0.2, 0.25) is 5.91 Å². The Kier molecular flexibility index (Phi) is 6.01. The summed E-state index contributed by atoms with van der Waals surface area (Å²) in [4.78, 5) is 31.8. The number of aliphatic imine (C=N–C) groups is 1. The van der Waals surface area contributed by atoms with Gasteiger partial charge < -0.3 is 4.74 Å². The van der Waals surface area contributed by atoms with E-state index >= 15 is 0 Å². The number of hydrogen-bond acceptors (Lipinski definition) is 4. The van der Waals surface area contributed by atoms with Crippen LogP contribution in [0.1, 0.15) is 48.5 Å². The van der Waals surface area contributed by atoms with Crippen molar-refractivity contribution in [3.8, 4) is 5.75 Å². The molecule has 1 aliphatic heterocycles. The fourth-order valence-electron chi connectivity index (χ4n) is 3.13. The number of unbranched alkanes of at least 4 members (excludes halogenated alkanes) is 1. The monoisotopic (exact) mass is 364 g/mol. The highest BCUT2D eigenvalue weighted by molar-refractivity contribution is 6.29. The van der Waals surface area contributed by atoms with Crippen LogP contribution in [0.15, 0.2) is 53.5 Å². The van der Waals surface area contributed by atoms with Crippen molar-refractivity contribution < 1.29 is 14.3 Å². The third kappa shape index (κ3) is 3.92. The summed E-state index contributed by atoms with van der Waals surface area (Å²) in [5, 5.41) is 0. The molecule has 1 aliphatic rings. The second-order valence-corrected chi connectivity index (χ2v) is 6.38. The van der Waals surface area contributed by atoms with Gasteiger partial charge in [0.1, 0.15) is 5.75 Å². The second-order valence-electron chi connectivity index (χ2n) is 6.38. The minimum absolute atomic E-state index is 0.275. The third-order valence-electron chi connectivity index (χ3n) is 4.52. The molecule has 0 aliphatic carbocycles. The number of rotatable bonds is 7. The smallest absolute Gasteiger partial charge is 0.265 e. The van der Waals surface area contributed by atoms with Crippen molar-refractivity contribution in [3.63, 3.8) is 0 Å². The zero-order valence-electron chi connectivity index (χ0n) is 15.7. The number of ether oxygens (including phenoxy) is 1. The van der Waals surface area contributed by atoms with E-state index in [2.05, 4.69) is 11.9 Å². The van der Waals surface area contributed by atoms with Crippen molar-refractivity contribution in [3.05, 3.63) is 59.7 Å². The number of carbonyl (C=O) groups is 2. The molecular weight excluding hydrogens is 340 g/mol. The lowest BCUT2D eigenvalue weighted by Gasteiger charge is -2.31. The van der Waals surface area contributed by atoms with Crippen molar-refractivity contribution >= 4 is 23.7 Å². The molecule has 3 rings (SSSR count). The van der Waals surface area contributed by atoms with E-state index in [0.29, 0.717) is 30.2 Å². The van der Waals surface area contributed by atoms with E-state index in [9.17, 15) is 9.59 Å². The number of fused-ring (bicyclic) bond motifs is 1. The molecule has 140 valence electrons. The lowest BCUT2D eigenvalue weighted by Crippen LogP contribution is -2.45. The Labute approximate surface area is 159 Å². The van der Waals surface area contributed by atoms with Crippen LogP contribution in [0, 0.1) is 0 Å². The van der Waals surface area contributed by atoms with Crippen molar-refractivity contribution in [2.45, 2.75) is 32.6 Å². The van der Waals surface area contributed by atoms with Crippen LogP contribution in [0.3, 0.4) is 0 Å². The summed E-state index contributed by atoms with van der Waals surface area (Å²) in [5.74, 6) is -0.431. The molecule has 5 nitrogen and oxygen atoms in total. The van der Waals surface area contributed by atoms with Gasteiger partial charge in [0.15, 0.2) is 0 Å². The van der Waals surface area contributed by atoms with Crippen LogP contribution in [-0.4, -0.2) is 31.2 Å². The zero-order chi connectivity index (χ0) is 19.2. The summed E-state index contributed by atoms with van der Waals surface area (Å²) in [5.41, 5.74) is 1.79.